The molecule has 9 fully saturated rings. The maximum Gasteiger partial charge on any atom is 0.199 e. The predicted molar refractivity (Wildman–Crippen MR) is 191 cm³/mol. The second kappa shape index (κ2) is 12.5. The number of aliphatic hydroxyl groups excluding tert-OH is 7. The minimum Gasteiger partial charge on any atom is -0.394 e. The molecule has 0 aromatic heterocycles. The Balaban J connectivity index is 0.933. The monoisotopic (exact) mass is 782 g/mol. The second-order valence-corrected chi connectivity index (χ2v) is 21.1. The fraction of sp³-hybridized carbons (Fsp3) is 1.00. The Kier molecular flexibility index (Phi) is 9.06. The molecule has 4 heterocycles. The van der Waals surface area contributed by atoms with E-state index < -0.39 is 90.9 Å². The topological polar surface area (TPSA) is 217 Å². The Morgan fingerprint density at radius 3 is 2.16 bits per heavy atom. The van der Waals surface area contributed by atoms with Gasteiger partial charge in [-0.25, -0.2) is 0 Å². The van der Waals surface area contributed by atoms with Crippen molar-refractivity contribution >= 4 is 0 Å². The molecule has 314 valence electrons. The third kappa shape index (κ3) is 4.98. The van der Waals surface area contributed by atoms with E-state index >= 15 is 0 Å². The van der Waals surface area contributed by atoms with Crippen LogP contribution in [0.1, 0.15) is 99.8 Å². The first kappa shape index (κ1) is 39.9. The lowest BCUT2D eigenvalue weighted by molar-refractivity contribution is -0.356. The summed E-state index contributed by atoms with van der Waals surface area (Å²) in [5, 5.41) is 86.9. The predicted octanol–water partition coefficient (Wildman–Crippen LogP) is 0.946. The summed E-state index contributed by atoms with van der Waals surface area (Å²) in [7, 11) is 0. The van der Waals surface area contributed by atoms with Crippen LogP contribution < -0.4 is 0 Å². The molecular formula is C41H66O14. The van der Waals surface area contributed by atoms with E-state index in [1.165, 1.54) is 0 Å². The van der Waals surface area contributed by atoms with Crippen molar-refractivity contribution in [1.82, 2.24) is 0 Å². The quantitative estimate of drug-likeness (QED) is 0.176. The zero-order chi connectivity index (χ0) is 39.6. The molecule has 0 aromatic carbocycles. The van der Waals surface area contributed by atoms with Gasteiger partial charge in [-0.15, -0.1) is 0 Å². The molecule has 0 aromatic rings. The van der Waals surface area contributed by atoms with Gasteiger partial charge in [-0.1, -0.05) is 34.6 Å². The van der Waals surface area contributed by atoms with Crippen LogP contribution in [0.4, 0.5) is 0 Å². The zero-order valence-electron chi connectivity index (χ0n) is 33.4. The molecule has 3 spiro atoms. The summed E-state index contributed by atoms with van der Waals surface area (Å²) < 4.78 is 37.6. The van der Waals surface area contributed by atoms with Gasteiger partial charge in [-0.3, -0.25) is 0 Å². The lowest BCUT2D eigenvalue weighted by atomic mass is 9.41. The molecule has 14 heteroatoms. The molecule has 5 saturated carbocycles. The van der Waals surface area contributed by atoms with Gasteiger partial charge in [0.1, 0.15) is 54.9 Å². The van der Waals surface area contributed by atoms with E-state index in [4.69, 9.17) is 28.4 Å². The first-order valence-corrected chi connectivity index (χ1v) is 21.0. The molecule has 14 nitrogen and oxygen atoms in total. The lowest BCUT2D eigenvalue weighted by Crippen LogP contribution is -2.63. The number of fused-ring (bicyclic) bond motifs is 4. The standard InChI is InChI=1S/C41H66O14/c1-18-14-20-31(36(4,5)49)55-41(54-20)30(18)37(6)12-13-40-17-39(40)11-10-24(35(2,3)22(39)8-9-23(40)38(37,7)34(41)48)52-32-28(47)29(19(43)16-50-32)53-33-27(46)26(45)25(44)21(15-42)51-33/h18-34,42-49H,8-17H2,1-7H3. The van der Waals surface area contributed by atoms with Crippen molar-refractivity contribution in [2.45, 2.75) is 191 Å². The molecule has 4 aliphatic heterocycles. The molecule has 5 aliphatic carbocycles. The Morgan fingerprint density at radius 2 is 1.47 bits per heavy atom. The summed E-state index contributed by atoms with van der Waals surface area (Å²) in [6.07, 6.45) is -7.12. The SMILES string of the molecule is CC1CC2OC3(OC2C(C)(C)O)C1C1(C)CCC24CC25CCC(OC2OCC(O)C(OC6OC(CO)C(O)C(O)C6O)C2O)C(C)(C)C5CCC4C1(C)C3O. The van der Waals surface area contributed by atoms with Gasteiger partial charge < -0.3 is 69.3 Å². The van der Waals surface area contributed by atoms with E-state index in [9.17, 15) is 40.9 Å². The van der Waals surface area contributed by atoms with Gasteiger partial charge in [0, 0.05) is 11.3 Å². The summed E-state index contributed by atoms with van der Waals surface area (Å²) in [6.45, 7) is 14.2. The van der Waals surface area contributed by atoms with E-state index in [1.54, 1.807) is 13.8 Å². The number of hydrogen-bond donors (Lipinski definition) is 8. The fourth-order valence-corrected chi connectivity index (χ4v) is 15.5. The first-order chi connectivity index (χ1) is 25.6. The average molecular weight is 783 g/mol. The first-order valence-electron chi connectivity index (χ1n) is 21.0. The molecular weight excluding hydrogens is 716 g/mol. The molecule has 22 unspecified atom stereocenters. The van der Waals surface area contributed by atoms with Gasteiger partial charge in [0.15, 0.2) is 18.4 Å². The molecule has 2 bridgehead atoms. The van der Waals surface area contributed by atoms with Crippen molar-refractivity contribution in [2.75, 3.05) is 13.2 Å². The summed E-state index contributed by atoms with van der Waals surface area (Å²) >= 11 is 0. The molecule has 9 aliphatic rings. The zero-order valence-corrected chi connectivity index (χ0v) is 33.4. The Morgan fingerprint density at radius 1 is 0.782 bits per heavy atom. The van der Waals surface area contributed by atoms with Crippen LogP contribution in [0.2, 0.25) is 0 Å². The van der Waals surface area contributed by atoms with E-state index in [-0.39, 0.29) is 58.2 Å². The van der Waals surface area contributed by atoms with Crippen molar-refractivity contribution < 1.29 is 69.3 Å². The maximum absolute atomic E-state index is 12.8. The highest BCUT2D eigenvalue weighted by atomic mass is 16.8. The number of hydrogen-bond acceptors (Lipinski definition) is 14. The van der Waals surface area contributed by atoms with Gasteiger partial charge >= 0.3 is 0 Å². The van der Waals surface area contributed by atoms with E-state index in [0.29, 0.717) is 5.92 Å². The molecule has 22 atom stereocenters. The van der Waals surface area contributed by atoms with Crippen LogP contribution >= 0.6 is 0 Å². The number of ether oxygens (including phenoxy) is 6. The van der Waals surface area contributed by atoms with Crippen molar-refractivity contribution in [2.24, 2.45) is 50.7 Å². The van der Waals surface area contributed by atoms with Crippen LogP contribution in [0.3, 0.4) is 0 Å². The lowest BCUT2D eigenvalue weighted by Gasteiger charge is -2.63. The third-order valence-electron chi connectivity index (χ3n) is 18.0. The van der Waals surface area contributed by atoms with Crippen LogP contribution in [0.25, 0.3) is 0 Å². The van der Waals surface area contributed by atoms with Crippen molar-refractivity contribution in [3.8, 4) is 0 Å². The van der Waals surface area contributed by atoms with Crippen LogP contribution in [0.5, 0.6) is 0 Å². The Hall–Kier alpha value is -0.560. The summed E-state index contributed by atoms with van der Waals surface area (Å²) in [5.41, 5.74) is -1.89. The smallest absolute Gasteiger partial charge is 0.199 e. The van der Waals surface area contributed by atoms with Crippen LogP contribution in [-0.2, 0) is 28.4 Å². The minimum atomic E-state index is -1.69. The van der Waals surface area contributed by atoms with Gasteiger partial charge in [0.05, 0.1) is 31.0 Å². The van der Waals surface area contributed by atoms with Gasteiger partial charge in [-0.2, -0.15) is 0 Å². The molecule has 8 N–H and O–H groups in total. The normalized spacial score (nSPS) is 60.6. The number of aliphatic hydroxyl groups is 8. The van der Waals surface area contributed by atoms with Gasteiger partial charge in [-0.05, 0) is 105 Å². The molecule has 55 heavy (non-hydrogen) atoms. The van der Waals surface area contributed by atoms with E-state index in [0.717, 1.165) is 51.4 Å². The third-order valence-corrected chi connectivity index (χ3v) is 18.0. The van der Waals surface area contributed by atoms with Crippen LogP contribution in [-0.4, -0.2) is 145 Å². The van der Waals surface area contributed by atoms with Crippen LogP contribution in [0, 0.1) is 50.7 Å². The maximum atomic E-state index is 12.8. The second-order valence-electron chi connectivity index (χ2n) is 21.1. The van der Waals surface area contributed by atoms with Crippen molar-refractivity contribution in [1.29, 1.82) is 0 Å². The summed E-state index contributed by atoms with van der Waals surface area (Å²) in [4.78, 5) is 0. The Labute approximate surface area is 323 Å². The fourth-order valence-electron chi connectivity index (χ4n) is 15.5. The highest BCUT2D eigenvalue weighted by Crippen LogP contribution is 2.90. The largest absolute Gasteiger partial charge is 0.394 e. The Bertz CT molecular complexity index is 1500. The van der Waals surface area contributed by atoms with Crippen molar-refractivity contribution in [3.05, 3.63) is 0 Å². The molecule has 4 saturated heterocycles. The molecule has 0 radical (unpaired) electrons. The minimum absolute atomic E-state index is 0.0166. The van der Waals surface area contributed by atoms with Crippen molar-refractivity contribution in [3.63, 3.8) is 0 Å². The number of rotatable bonds is 6. The molecule has 0 amide bonds. The highest BCUT2D eigenvalue weighted by molar-refractivity contribution is 5.34. The average Bonchev–Trinajstić information content (AvgIpc) is 3.63. The summed E-state index contributed by atoms with van der Waals surface area (Å²) in [5.74, 6) is -0.232. The highest BCUT2D eigenvalue weighted by Gasteiger charge is 2.88. The van der Waals surface area contributed by atoms with E-state index in [2.05, 4.69) is 34.6 Å². The van der Waals surface area contributed by atoms with Crippen LogP contribution in [0.15, 0.2) is 0 Å². The van der Waals surface area contributed by atoms with E-state index in [1.807, 2.05) is 0 Å². The molecule has 9 rings (SSSR count). The van der Waals surface area contributed by atoms with Gasteiger partial charge in [0.25, 0.3) is 0 Å². The van der Waals surface area contributed by atoms with Gasteiger partial charge in [0.2, 0.25) is 0 Å². The summed E-state index contributed by atoms with van der Waals surface area (Å²) in [6, 6.07) is 0.